The molecule has 22 heavy (non-hydrogen) atoms. The lowest BCUT2D eigenvalue weighted by Gasteiger charge is -2.20. The molecule has 1 aliphatic rings. The Kier molecular flexibility index (Phi) is 5.43. The van der Waals surface area contributed by atoms with Crippen molar-refractivity contribution in [3.8, 4) is 0 Å². The lowest BCUT2D eigenvalue weighted by molar-refractivity contribution is -0.121. The van der Waals surface area contributed by atoms with Gasteiger partial charge in [0.05, 0.1) is 15.2 Å². The van der Waals surface area contributed by atoms with E-state index in [0.29, 0.717) is 13.0 Å². The maximum Gasteiger partial charge on any atom is 0.220 e. The van der Waals surface area contributed by atoms with Crippen LogP contribution in [0.5, 0.6) is 0 Å². The summed E-state index contributed by atoms with van der Waals surface area (Å²) < 4.78 is 1.22. The molecule has 0 bridgehead atoms. The van der Waals surface area contributed by atoms with Crippen LogP contribution in [0.3, 0.4) is 0 Å². The molecule has 0 unspecified atom stereocenters. The number of hydrogen-bond acceptors (Lipinski definition) is 3. The van der Waals surface area contributed by atoms with Crippen LogP contribution in [0.4, 0.5) is 0 Å². The van der Waals surface area contributed by atoms with Crippen molar-refractivity contribution in [3.63, 3.8) is 0 Å². The van der Waals surface area contributed by atoms with E-state index in [1.54, 1.807) is 11.3 Å². The van der Waals surface area contributed by atoms with E-state index in [4.69, 9.17) is 0 Å². The molecule has 1 amide bonds. The smallest absolute Gasteiger partial charge is 0.220 e. The van der Waals surface area contributed by atoms with E-state index in [-0.39, 0.29) is 5.91 Å². The second kappa shape index (κ2) is 7.73. The standard InChI is InChI=1S/C18H24N2OS/c21-17(11-10-14-6-2-1-3-7-14)19-13-12-18-20-15-8-4-5-9-16(15)22-18/h4-5,8-9,14H,1-3,6-7,10-13H2,(H,19,21). The molecule has 0 atom stereocenters. The van der Waals surface area contributed by atoms with Crippen LogP contribution in [-0.4, -0.2) is 17.4 Å². The Bertz CT molecular complexity index is 583. The highest BCUT2D eigenvalue weighted by Gasteiger charge is 2.14. The third-order valence-electron chi connectivity index (χ3n) is 4.50. The molecule has 0 aliphatic heterocycles. The van der Waals surface area contributed by atoms with E-state index < -0.39 is 0 Å². The number of hydrogen-bond donors (Lipinski definition) is 1. The molecular formula is C18H24N2OS. The number of rotatable bonds is 6. The van der Waals surface area contributed by atoms with Crippen LogP contribution < -0.4 is 5.32 Å². The molecule has 4 heteroatoms. The minimum Gasteiger partial charge on any atom is -0.356 e. The molecule has 0 spiro atoms. The first-order valence-electron chi connectivity index (χ1n) is 8.42. The Labute approximate surface area is 136 Å². The van der Waals surface area contributed by atoms with Crippen molar-refractivity contribution < 1.29 is 4.79 Å². The van der Waals surface area contributed by atoms with Crippen molar-refractivity contribution in [1.29, 1.82) is 0 Å². The summed E-state index contributed by atoms with van der Waals surface area (Å²) in [5.41, 5.74) is 1.06. The van der Waals surface area contributed by atoms with Gasteiger partial charge in [0.25, 0.3) is 0 Å². The fourth-order valence-corrected chi connectivity index (χ4v) is 4.20. The highest BCUT2D eigenvalue weighted by Crippen LogP contribution is 2.27. The maximum absolute atomic E-state index is 11.9. The molecule has 1 heterocycles. The summed E-state index contributed by atoms with van der Waals surface area (Å²) in [6, 6.07) is 8.19. The van der Waals surface area contributed by atoms with E-state index in [1.807, 2.05) is 18.2 Å². The highest BCUT2D eigenvalue weighted by atomic mass is 32.1. The summed E-state index contributed by atoms with van der Waals surface area (Å²) in [5.74, 6) is 0.982. The van der Waals surface area contributed by atoms with Crippen molar-refractivity contribution >= 4 is 27.5 Å². The van der Waals surface area contributed by atoms with Crippen molar-refractivity contribution in [2.75, 3.05) is 6.54 Å². The van der Waals surface area contributed by atoms with E-state index >= 15 is 0 Å². The molecule has 2 aromatic rings. The Morgan fingerprint density at radius 3 is 2.86 bits per heavy atom. The minimum atomic E-state index is 0.201. The molecule has 0 saturated heterocycles. The van der Waals surface area contributed by atoms with E-state index in [0.717, 1.165) is 29.3 Å². The van der Waals surface area contributed by atoms with E-state index in [1.165, 1.54) is 36.8 Å². The summed E-state index contributed by atoms with van der Waals surface area (Å²) in [6.07, 6.45) is 9.29. The molecule has 118 valence electrons. The van der Waals surface area contributed by atoms with Crippen LogP contribution in [0.15, 0.2) is 24.3 Å². The summed E-state index contributed by atoms with van der Waals surface area (Å²) >= 11 is 1.72. The lowest BCUT2D eigenvalue weighted by Crippen LogP contribution is -2.26. The molecule has 3 rings (SSSR count). The zero-order valence-electron chi connectivity index (χ0n) is 13.0. The highest BCUT2D eigenvalue weighted by molar-refractivity contribution is 7.18. The average Bonchev–Trinajstić information content (AvgIpc) is 2.96. The van der Waals surface area contributed by atoms with Crippen molar-refractivity contribution in [3.05, 3.63) is 29.3 Å². The van der Waals surface area contributed by atoms with Gasteiger partial charge in [-0.3, -0.25) is 4.79 Å². The predicted molar refractivity (Wildman–Crippen MR) is 92.1 cm³/mol. The van der Waals surface area contributed by atoms with Gasteiger partial charge in [-0.25, -0.2) is 4.98 Å². The van der Waals surface area contributed by atoms with Gasteiger partial charge in [0.15, 0.2) is 0 Å². The second-order valence-electron chi connectivity index (χ2n) is 6.22. The number of para-hydroxylation sites is 1. The number of thiazole rings is 1. The average molecular weight is 316 g/mol. The summed E-state index contributed by atoms with van der Waals surface area (Å²) in [6.45, 7) is 0.698. The third kappa shape index (κ3) is 4.29. The zero-order valence-corrected chi connectivity index (χ0v) is 13.8. The number of amides is 1. The Morgan fingerprint density at radius 1 is 1.23 bits per heavy atom. The van der Waals surface area contributed by atoms with Crippen LogP contribution >= 0.6 is 11.3 Å². The maximum atomic E-state index is 11.9. The third-order valence-corrected chi connectivity index (χ3v) is 5.60. The number of nitrogens with one attached hydrogen (secondary N) is 1. The van der Waals surface area contributed by atoms with Crippen molar-refractivity contribution in [2.45, 2.75) is 51.4 Å². The van der Waals surface area contributed by atoms with Gasteiger partial charge in [-0.05, 0) is 24.5 Å². The molecule has 1 aliphatic carbocycles. The first kappa shape index (κ1) is 15.5. The molecule has 1 saturated carbocycles. The summed E-state index contributed by atoms with van der Waals surface area (Å²) in [7, 11) is 0. The van der Waals surface area contributed by atoms with Gasteiger partial charge in [-0.2, -0.15) is 0 Å². The molecule has 3 nitrogen and oxygen atoms in total. The topological polar surface area (TPSA) is 42.0 Å². The molecule has 1 aromatic carbocycles. The monoisotopic (exact) mass is 316 g/mol. The Balaban J connectivity index is 1.37. The number of carbonyl (C=O) groups is 1. The lowest BCUT2D eigenvalue weighted by atomic mass is 9.86. The summed E-state index contributed by atoms with van der Waals surface area (Å²) in [4.78, 5) is 16.5. The second-order valence-corrected chi connectivity index (χ2v) is 7.33. The molecule has 0 radical (unpaired) electrons. The van der Waals surface area contributed by atoms with E-state index in [2.05, 4.69) is 16.4 Å². The zero-order chi connectivity index (χ0) is 15.2. The van der Waals surface area contributed by atoms with Gasteiger partial charge in [-0.1, -0.05) is 44.2 Å². The van der Waals surface area contributed by atoms with Crippen LogP contribution in [0.2, 0.25) is 0 Å². The first-order valence-corrected chi connectivity index (χ1v) is 9.24. The van der Waals surface area contributed by atoms with Gasteiger partial charge in [0.2, 0.25) is 5.91 Å². The number of nitrogens with zero attached hydrogens (tertiary/aromatic N) is 1. The Morgan fingerprint density at radius 2 is 2.05 bits per heavy atom. The normalized spacial score (nSPS) is 16.0. The molecular weight excluding hydrogens is 292 g/mol. The quantitative estimate of drug-likeness (QED) is 0.862. The number of benzene rings is 1. The largest absolute Gasteiger partial charge is 0.356 e. The van der Waals surface area contributed by atoms with Gasteiger partial charge in [0, 0.05) is 19.4 Å². The number of fused-ring (bicyclic) bond motifs is 1. The first-order chi connectivity index (χ1) is 10.8. The Hall–Kier alpha value is -1.42. The predicted octanol–water partition coefficient (Wildman–Crippen LogP) is 4.32. The van der Waals surface area contributed by atoms with Gasteiger partial charge < -0.3 is 5.32 Å². The van der Waals surface area contributed by atoms with Crippen molar-refractivity contribution in [2.24, 2.45) is 5.92 Å². The number of aromatic nitrogens is 1. The van der Waals surface area contributed by atoms with Crippen molar-refractivity contribution in [1.82, 2.24) is 10.3 Å². The van der Waals surface area contributed by atoms with Crippen LogP contribution in [0.25, 0.3) is 10.2 Å². The van der Waals surface area contributed by atoms with Crippen LogP contribution in [-0.2, 0) is 11.2 Å². The summed E-state index contributed by atoms with van der Waals surface area (Å²) in [5, 5.41) is 4.15. The van der Waals surface area contributed by atoms with Gasteiger partial charge in [0.1, 0.15) is 0 Å². The van der Waals surface area contributed by atoms with Gasteiger partial charge in [-0.15, -0.1) is 11.3 Å². The molecule has 1 fully saturated rings. The molecule has 1 aromatic heterocycles. The fourth-order valence-electron chi connectivity index (χ4n) is 3.24. The fraction of sp³-hybridized carbons (Fsp3) is 0.556. The minimum absolute atomic E-state index is 0.201. The van der Waals surface area contributed by atoms with E-state index in [9.17, 15) is 4.79 Å². The SMILES string of the molecule is O=C(CCC1CCCCC1)NCCc1nc2ccccc2s1. The van der Waals surface area contributed by atoms with Crippen LogP contribution in [0.1, 0.15) is 50.0 Å². The van der Waals surface area contributed by atoms with Gasteiger partial charge >= 0.3 is 0 Å². The number of carbonyl (C=O) groups excluding carboxylic acids is 1. The van der Waals surface area contributed by atoms with Crippen LogP contribution in [0, 0.1) is 5.92 Å². The molecule has 1 N–H and O–H groups in total.